The third-order valence-corrected chi connectivity index (χ3v) is 6.39. The number of carbonyl (C=O) groups excluding carboxylic acids is 1. The van der Waals surface area contributed by atoms with Crippen LogP contribution >= 0.6 is 11.8 Å². The molecule has 1 aromatic heterocycles. The number of ether oxygens (including phenoxy) is 1. The molecular weight excluding hydrogens is 432 g/mol. The molecule has 168 valence electrons. The van der Waals surface area contributed by atoms with E-state index < -0.39 is 5.25 Å². The van der Waals surface area contributed by atoms with Gasteiger partial charge in [-0.3, -0.25) is 9.36 Å². The highest BCUT2D eigenvalue weighted by Gasteiger charge is 2.26. The van der Waals surface area contributed by atoms with Gasteiger partial charge in [-0.1, -0.05) is 90.1 Å². The molecule has 1 heterocycles. The highest BCUT2D eigenvalue weighted by Crippen LogP contribution is 2.37. The van der Waals surface area contributed by atoms with Crippen molar-refractivity contribution in [3.63, 3.8) is 0 Å². The minimum Gasteiger partial charge on any atom is -0.383 e. The van der Waals surface area contributed by atoms with Crippen molar-refractivity contribution in [3.8, 4) is 11.4 Å². The first-order valence-electron chi connectivity index (χ1n) is 10.7. The molecule has 6 nitrogen and oxygen atoms in total. The van der Waals surface area contributed by atoms with Gasteiger partial charge in [0.2, 0.25) is 5.91 Å². The molecule has 0 aliphatic heterocycles. The van der Waals surface area contributed by atoms with Gasteiger partial charge in [0.25, 0.3) is 0 Å². The number of rotatable bonds is 9. The number of carbonyl (C=O) groups is 1. The highest BCUT2D eigenvalue weighted by atomic mass is 32.2. The molecule has 0 aliphatic carbocycles. The minimum atomic E-state index is -0.498. The van der Waals surface area contributed by atoms with E-state index >= 15 is 0 Å². The summed E-state index contributed by atoms with van der Waals surface area (Å²) in [6, 6.07) is 27.4. The first-order valence-corrected chi connectivity index (χ1v) is 11.6. The normalized spacial score (nSPS) is 11.8. The van der Waals surface area contributed by atoms with E-state index in [0.29, 0.717) is 18.3 Å². The lowest BCUT2D eigenvalue weighted by molar-refractivity contribution is -0.115. The summed E-state index contributed by atoms with van der Waals surface area (Å²) in [5.41, 5.74) is 3.77. The number of amides is 1. The summed E-state index contributed by atoms with van der Waals surface area (Å²) in [6.07, 6.45) is 0. The van der Waals surface area contributed by atoms with E-state index in [-0.39, 0.29) is 5.91 Å². The number of anilines is 1. The van der Waals surface area contributed by atoms with Gasteiger partial charge in [-0.2, -0.15) is 0 Å². The summed E-state index contributed by atoms with van der Waals surface area (Å²) in [7, 11) is 1.67. The maximum absolute atomic E-state index is 13.4. The van der Waals surface area contributed by atoms with E-state index in [2.05, 4.69) is 15.5 Å². The van der Waals surface area contributed by atoms with Crippen molar-refractivity contribution < 1.29 is 9.53 Å². The molecule has 0 fully saturated rings. The highest BCUT2D eigenvalue weighted by molar-refractivity contribution is 8.00. The molecule has 7 heteroatoms. The molecule has 0 radical (unpaired) electrons. The van der Waals surface area contributed by atoms with Crippen LogP contribution in [0.4, 0.5) is 5.69 Å². The fraction of sp³-hybridized carbons (Fsp3) is 0.192. The summed E-state index contributed by atoms with van der Waals surface area (Å²) in [5, 5.41) is 12.1. The molecule has 1 atom stereocenters. The van der Waals surface area contributed by atoms with Crippen LogP contribution in [0.2, 0.25) is 0 Å². The molecule has 0 spiro atoms. The Bertz CT molecular complexity index is 1180. The monoisotopic (exact) mass is 458 g/mol. The van der Waals surface area contributed by atoms with Gasteiger partial charge in [0, 0.05) is 18.4 Å². The van der Waals surface area contributed by atoms with Gasteiger partial charge in [0.05, 0.1) is 13.2 Å². The molecule has 1 N–H and O–H groups in total. The Balaban J connectivity index is 1.66. The number of hydrogen-bond acceptors (Lipinski definition) is 5. The van der Waals surface area contributed by atoms with Crippen LogP contribution in [0, 0.1) is 6.92 Å². The Labute approximate surface area is 198 Å². The van der Waals surface area contributed by atoms with Crippen LogP contribution in [0.1, 0.15) is 16.4 Å². The van der Waals surface area contributed by atoms with Crippen LogP contribution in [0.25, 0.3) is 11.4 Å². The standard InChI is InChI=1S/C26H26N4O2S/c1-19-13-15-22(16-14-19)27-25(31)23(20-9-5-3-6-10-20)33-26-29-28-24(30(26)17-18-32-2)21-11-7-4-8-12-21/h3-16,23H,17-18H2,1-2H3,(H,27,31)/t23-/m0/s1. The number of aryl methyl sites for hydroxylation is 1. The summed E-state index contributed by atoms with van der Waals surface area (Å²) in [4.78, 5) is 13.4. The molecule has 3 aromatic carbocycles. The van der Waals surface area contributed by atoms with Crippen molar-refractivity contribution in [1.29, 1.82) is 0 Å². The lowest BCUT2D eigenvalue weighted by Crippen LogP contribution is -2.20. The van der Waals surface area contributed by atoms with Crippen molar-refractivity contribution in [2.75, 3.05) is 19.0 Å². The second kappa shape index (κ2) is 10.9. The van der Waals surface area contributed by atoms with Gasteiger partial charge >= 0.3 is 0 Å². The molecule has 1 amide bonds. The van der Waals surface area contributed by atoms with Crippen molar-refractivity contribution >= 4 is 23.4 Å². The number of nitrogens with zero attached hydrogens (tertiary/aromatic N) is 3. The molecule has 0 saturated carbocycles. The van der Waals surface area contributed by atoms with Crippen molar-refractivity contribution in [2.45, 2.75) is 23.9 Å². The lowest BCUT2D eigenvalue weighted by Gasteiger charge is -2.18. The van der Waals surface area contributed by atoms with Crippen LogP contribution in [-0.2, 0) is 16.1 Å². The van der Waals surface area contributed by atoms with Crippen LogP contribution in [0.5, 0.6) is 0 Å². The summed E-state index contributed by atoms with van der Waals surface area (Å²) >= 11 is 1.39. The zero-order valence-electron chi connectivity index (χ0n) is 18.6. The predicted octanol–water partition coefficient (Wildman–Crippen LogP) is 5.37. The first kappa shape index (κ1) is 22.8. The summed E-state index contributed by atoms with van der Waals surface area (Å²) < 4.78 is 7.33. The molecule has 0 bridgehead atoms. The Morgan fingerprint density at radius 1 is 0.970 bits per heavy atom. The van der Waals surface area contributed by atoms with Crippen LogP contribution in [0.3, 0.4) is 0 Å². The lowest BCUT2D eigenvalue weighted by atomic mass is 10.1. The van der Waals surface area contributed by atoms with E-state index in [4.69, 9.17) is 4.74 Å². The maximum atomic E-state index is 13.4. The quantitative estimate of drug-likeness (QED) is 0.342. The van der Waals surface area contributed by atoms with Crippen LogP contribution in [-0.4, -0.2) is 34.4 Å². The topological polar surface area (TPSA) is 69.0 Å². The number of benzene rings is 3. The van der Waals surface area contributed by atoms with Gasteiger partial charge in [-0.15, -0.1) is 10.2 Å². The fourth-order valence-corrected chi connectivity index (χ4v) is 4.47. The largest absolute Gasteiger partial charge is 0.383 e. The summed E-state index contributed by atoms with van der Waals surface area (Å²) in [5.74, 6) is 0.638. The average Bonchev–Trinajstić information content (AvgIpc) is 3.26. The van der Waals surface area contributed by atoms with Gasteiger partial charge < -0.3 is 10.1 Å². The van der Waals surface area contributed by atoms with E-state index in [1.807, 2.05) is 96.4 Å². The zero-order valence-corrected chi connectivity index (χ0v) is 19.5. The van der Waals surface area contributed by atoms with Gasteiger partial charge in [-0.05, 0) is 24.6 Å². The second-order valence-electron chi connectivity index (χ2n) is 7.58. The minimum absolute atomic E-state index is 0.113. The Kier molecular flexibility index (Phi) is 7.55. The second-order valence-corrected chi connectivity index (χ2v) is 8.65. The average molecular weight is 459 g/mol. The van der Waals surface area contributed by atoms with Crippen molar-refractivity contribution in [1.82, 2.24) is 14.8 Å². The van der Waals surface area contributed by atoms with Crippen LogP contribution in [0.15, 0.2) is 90.1 Å². The van der Waals surface area contributed by atoms with E-state index in [1.165, 1.54) is 11.8 Å². The number of nitrogens with one attached hydrogen (secondary N) is 1. The fourth-order valence-electron chi connectivity index (χ4n) is 3.41. The Hall–Kier alpha value is -3.42. The Morgan fingerprint density at radius 3 is 2.30 bits per heavy atom. The zero-order chi connectivity index (χ0) is 23.0. The maximum Gasteiger partial charge on any atom is 0.242 e. The van der Waals surface area contributed by atoms with Gasteiger partial charge in [0.15, 0.2) is 11.0 Å². The predicted molar refractivity (Wildman–Crippen MR) is 132 cm³/mol. The SMILES string of the molecule is COCCn1c(S[C@H](C(=O)Nc2ccc(C)cc2)c2ccccc2)nnc1-c1ccccc1. The number of hydrogen-bond donors (Lipinski definition) is 1. The molecule has 4 aromatic rings. The molecular formula is C26H26N4O2S. The number of thioether (sulfide) groups is 1. The van der Waals surface area contributed by atoms with E-state index in [0.717, 1.165) is 28.2 Å². The Morgan fingerprint density at radius 2 is 1.64 bits per heavy atom. The molecule has 0 aliphatic rings. The van der Waals surface area contributed by atoms with E-state index in [9.17, 15) is 4.79 Å². The van der Waals surface area contributed by atoms with E-state index in [1.54, 1.807) is 7.11 Å². The number of aromatic nitrogens is 3. The molecule has 0 unspecified atom stereocenters. The van der Waals surface area contributed by atoms with Crippen molar-refractivity contribution in [3.05, 3.63) is 96.1 Å². The van der Waals surface area contributed by atoms with Gasteiger partial charge in [-0.25, -0.2) is 0 Å². The third-order valence-electron chi connectivity index (χ3n) is 5.15. The molecule has 0 saturated heterocycles. The van der Waals surface area contributed by atoms with Crippen LogP contribution < -0.4 is 5.32 Å². The molecule has 4 rings (SSSR count). The van der Waals surface area contributed by atoms with Gasteiger partial charge in [0.1, 0.15) is 5.25 Å². The molecule has 33 heavy (non-hydrogen) atoms. The number of methoxy groups -OCH3 is 1. The third kappa shape index (κ3) is 5.69. The van der Waals surface area contributed by atoms with Crippen molar-refractivity contribution in [2.24, 2.45) is 0 Å². The summed E-state index contributed by atoms with van der Waals surface area (Å²) in [6.45, 7) is 3.11. The first-order chi connectivity index (χ1) is 16.2. The smallest absolute Gasteiger partial charge is 0.242 e.